The van der Waals surface area contributed by atoms with Crippen LogP contribution in [0.25, 0.3) is 0 Å². The predicted molar refractivity (Wildman–Crippen MR) is 41.7 cm³/mol. The van der Waals surface area contributed by atoms with E-state index in [1.165, 1.54) is 0 Å². The summed E-state index contributed by atoms with van der Waals surface area (Å²) < 4.78 is 0. The summed E-state index contributed by atoms with van der Waals surface area (Å²) in [4.78, 5) is 11.1. The molecule has 1 rings (SSSR count). The Labute approximate surface area is 62.1 Å². The van der Waals surface area contributed by atoms with Gasteiger partial charge in [-0.2, -0.15) is 0 Å². The number of hydrogen-bond acceptors (Lipinski definition) is 1. The van der Waals surface area contributed by atoms with Gasteiger partial charge in [0.1, 0.15) is 0 Å². The van der Waals surface area contributed by atoms with Crippen molar-refractivity contribution in [1.82, 2.24) is 0 Å². The summed E-state index contributed by atoms with van der Waals surface area (Å²) in [6.07, 6.45) is 5.88. The fourth-order valence-corrected chi connectivity index (χ4v) is 1.61. The lowest BCUT2D eigenvalue weighted by atomic mass is 9.90. The smallest absolute Gasteiger partial charge is 0.159 e. The van der Waals surface area contributed by atoms with Crippen LogP contribution in [0.2, 0.25) is 0 Å². The highest BCUT2D eigenvalue weighted by Gasteiger charge is 2.26. The van der Waals surface area contributed by atoms with Crippen LogP contribution in [0.5, 0.6) is 0 Å². The quantitative estimate of drug-likeness (QED) is 0.571. The van der Waals surface area contributed by atoms with Gasteiger partial charge in [0.25, 0.3) is 0 Å². The van der Waals surface area contributed by atoms with E-state index in [4.69, 9.17) is 0 Å². The minimum absolute atomic E-state index is 0.296. The zero-order valence-electron chi connectivity index (χ0n) is 6.63. The Morgan fingerprint density at radius 3 is 2.50 bits per heavy atom. The average molecular weight is 138 g/mol. The summed E-state index contributed by atoms with van der Waals surface area (Å²) in [7, 11) is 0. The number of carbonyl (C=O) groups is 1. The lowest BCUT2D eigenvalue weighted by Crippen LogP contribution is -2.13. The zero-order chi connectivity index (χ0) is 7.56. The highest BCUT2D eigenvalue weighted by molar-refractivity contribution is 5.94. The lowest BCUT2D eigenvalue weighted by molar-refractivity contribution is -0.118. The van der Waals surface area contributed by atoms with E-state index in [1.807, 2.05) is 0 Å². The first-order chi connectivity index (χ1) is 4.79. The Morgan fingerprint density at radius 1 is 1.40 bits per heavy atom. The fourth-order valence-electron chi connectivity index (χ4n) is 1.61. The van der Waals surface area contributed by atoms with Gasteiger partial charge < -0.3 is 0 Å². The molecule has 1 nitrogen and oxygen atoms in total. The van der Waals surface area contributed by atoms with Gasteiger partial charge in [-0.15, -0.1) is 0 Å². The van der Waals surface area contributed by atoms with Crippen LogP contribution in [0, 0.1) is 11.8 Å². The first-order valence-electron chi connectivity index (χ1n) is 4.01. The maximum atomic E-state index is 11.1. The molecule has 0 saturated heterocycles. The first-order valence-corrected chi connectivity index (χ1v) is 4.01. The predicted octanol–water partition coefficient (Wildman–Crippen LogP) is 2.18. The monoisotopic (exact) mass is 138 g/mol. The third kappa shape index (κ3) is 1.13. The van der Waals surface area contributed by atoms with Crippen molar-refractivity contribution in [3.05, 3.63) is 12.2 Å². The summed E-state index contributed by atoms with van der Waals surface area (Å²) in [6.45, 7) is 4.22. The molecule has 0 radical (unpaired) electrons. The third-order valence-corrected chi connectivity index (χ3v) is 2.30. The second kappa shape index (κ2) is 3.00. The Kier molecular flexibility index (Phi) is 2.25. The number of allylic oxidation sites excluding steroid dienone is 2. The van der Waals surface area contributed by atoms with Crippen molar-refractivity contribution in [2.24, 2.45) is 11.8 Å². The van der Waals surface area contributed by atoms with Gasteiger partial charge in [0, 0.05) is 5.92 Å². The summed E-state index contributed by atoms with van der Waals surface area (Å²) in [5.74, 6) is 1.15. The van der Waals surface area contributed by atoms with Crippen LogP contribution in [0.3, 0.4) is 0 Å². The molecule has 0 amide bonds. The highest BCUT2D eigenvalue weighted by Crippen LogP contribution is 2.27. The second-order valence-electron chi connectivity index (χ2n) is 2.85. The number of rotatable bonds is 2. The third-order valence-electron chi connectivity index (χ3n) is 2.30. The van der Waals surface area contributed by atoms with Crippen molar-refractivity contribution in [3.63, 3.8) is 0 Å². The molecule has 0 saturated carbocycles. The van der Waals surface area contributed by atoms with Gasteiger partial charge in [0.05, 0.1) is 0 Å². The van der Waals surface area contributed by atoms with Crippen molar-refractivity contribution >= 4 is 5.78 Å². The van der Waals surface area contributed by atoms with Gasteiger partial charge >= 0.3 is 0 Å². The molecule has 56 valence electrons. The van der Waals surface area contributed by atoms with Crippen LogP contribution in [-0.4, -0.2) is 5.78 Å². The average Bonchev–Trinajstić information content (AvgIpc) is 2.30. The van der Waals surface area contributed by atoms with E-state index >= 15 is 0 Å². The number of carbonyl (C=O) groups excluding carboxylic acids is 1. The highest BCUT2D eigenvalue weighted by atomic mass is 16.1. The van der Waals surface area contributed by atoms with Gasteiger partial charge in [0.2, 0.25) is 0 Å². The minimum atomic E-state index is 0.296. The molecule has 2 unspecified atom stereocenters. The summed E-state index contributed by atoms with van der Waals surface area (Å²) >= 11 is 0. The number of hydrogen-bond donors (Lipinski definition) is 0. The maximum absolute atomic E-state index is 11.1. The van der Waals surface area contributed by atoms with E-state index < -0.39 is 0 Å². The molecule has 0 aliphatic heterocycles. The minimum Gasteiger partial charge on any atom is -0.295 e. The van der Waals surface area contributed by atoms with Crippen molar-refractivity contribution in [3.8, 4) is 0 Å². The Hall–Kier alpha value is -0.590. The van der Waals surface area contributed by atoms with Gasteiger partial charge in [-0.25, -0.2) is 0 Å². The summed E-state index contributed by atoms with van der Waals surface area (Å²) in [5, 5.41) is 0. The molecule has 0 N–H and O–H groups in total. The largest absolute Gasteiger partial charge is 0.295 e. The molecule has 0 fully saturated rings. The molecule has 10 heavy (non-hydrogen) atoms. The lowest BCUT2D eigenvalue weighted by Gasteiger charge is -2.12. The molecular formula is C9H14O. The molecule has 2 atom stereocenters. The fraction of sp³-hybridized carbons (Fsp3) is 0.667. The Morgan fingerprint density at radius 2 is 2.10 bits per heavy atom. The van der Waals surface area contributed by atoms with Gasteiger partial charge in [-0.05, 0) is 24.8 Å². The van der Waals surface area contributed by atoms with Crippen LogP contribution in [-0.2, 0) is 4.79 Å². The zero-order valence-corrected chi connectivity index (χ0v) is 6.63. The SMILES string of the molecule is CCC1C=CC(=O)C1CC. The standard InChI is InChI=1S/C9H14O/c1-3-7-5-6-9(10)8(7)4-2/h5-8H,3-4H2,1-2H3. The molecule has 1 aliphatic rings. The van der Waals surface area contributed by atoms with E-state index in [9.17, 15) is 4.79 Å². The topological polar surface area (TPSA) is 17.1 Å². The summed E-state index contributed by atoms with van der Waals surface area (Å²) in [5.41, 5.74) is 0. The summed E-state index contributed by atoms with van der Waals surface area (Å²) in [6, 6.07) is 0. The van der Waals surface area contributed by atoms with Gasteiger partial charge in [-0.1, -0.05) is 19.9 Å². The van der Waals surface area contributed by atoms with E-state index in [0.29, 0.717) is 17.6 Å². The van der Waals surface area contributed by atoms with Crippen LogP contribution < -0.4 is 0 Å². The van der Waals surface area contributed by atoms with Crippen molar-refractivity contribution < 1.29 is 4.79 Å². The maximum Gasteiger partial charge on any atom is 0.159 e. The molecule has 0 spiro atoms. The molecule has 0 aromatic carbocycles. The van der Waals surface area contributed by atoms with E-state index in [1.54, 1.807) is 6.08 Å². The van der Waals surface area contributed by atoms with Crippen LogP contribution in [0.15, 0.2) is 12.2 Å². The van der Waals surface area contributed by atoms with Crippen molar-refractivity contribution in [2.75, 3.05) is 0 Å². The molecule has 0 aromatic heterocycles. The van der Waals surface area contributed by atoms with E-state index in [-0.39, 0.29) is 0 Å². The Bertz CT molecular complexity index is 158. The van der Waals surface area contributed by atoms with Crippen molar-refractivity contribution in [1.29, 1.82) is 0 Å². The molecule has 0 bridgehead atoms. The van der Waals surface area contributed by atoms with E-state index in [0.717, 1.165) is 12.8 Å². The molecular weight excluding hydrogens is 124 g/mol. The van der Waals surface area contributed by atoms with Crippen LogP contribution in [0.4, 0.5) is 0 Å². The molecule has 1 aliphatic carbocycles. The molecule has 0 heterocycles. The Balaban J connectivity index is 2.62. The van der Waals surface area contributed by atoms with Crippen LogP contribution in [0.1, 0.15) is 26.7 Å². The van der Waals surface area contributed by atoms with Gasteiger partial charge in [-0.3, -0.25) is 4.79 Å². The normalized spacial score (nSPS) is 31.6. The molecule has 0 aromatic rings. The first kappa shape index (κ1) is 7.52. The number of ketones is 1. The van der Waals surface area contributed by atoms with Crippen molar-refractivity contribution in [2.45, 2.75) is 26.7 Å². The van der Waals surface area contributed by atoms with Crippen LogP contribution >= 0.6 is 0 Å². The van der Waals surface area contributed by atoms with Gasteiger partial charge in [0.15, 0.2) is 5.78 Å². The molecule has 1 heteroatoms. The van der Waals surface area contributed by atoms with E-state index in [2.05, 4.69) is 19.9 Å². The second-order valence-corrected chi connectivity index (χ2v) is 2.85.